The van der Waals surface area contributed by atoms with Gasteiger partial charge in [-0.05, 0) is 36.1 Å². The fourth-order valence-corrected chi connectivity index (χ4v) is 3.01. The van der Waals surface area contributed by atoms with E-state index in [2.05, 4.69) is 60.5 Å². The molecule has 3 aromatic rings. The van der Waals surface area contributed by atoms with Gasteiger partial charge in [-0.25, -0.2) is 0 Å². The summed E-state index contributed by atoms with van der Waals surface area (Å²) in [6, 6.07) is 23.1. The normalized spacial score (nSPS) is 11.5. The minimum Gasteiger partial charge on any atom is -0.147 e. The van der Waals surface area contributed by atoms with Crippen LogP contribution in [0.15, 0.2) is 72.1 Å². The third kappa shape index (κ3) is 3.42. The fourth-order valence-electron chi connectivity index (χ4n) is 2.21. The number of rotatable bonds is 2. The lowest BCUT2D eigenvalue weighted by molar-refractivity contribution is 1.10. The molecule has 0 fully saturated rings. The molecule has 0 bridgehead atoms. The van der Waals surface area contributed by atoms with Gasteiger partial charge in [0.15, 0.2) is 0 Å². The molecule has 1 aromatic heterocycles. The van der Waals surface area contributed by atoms with Crippen LogP contribution in [0.4, 0.5) is 0 Å². The Morgan fingerprint density at radius 1 is 0.857 bits per heavy atom. The lowest BCUT2D eigenvalue weighted by atomic mass is 9.96. The number of hydrogen-bond acceptors (Lipinski definition) is 1. The molecule has 1 atom stereocenters. The standard InChI is InChI=1S/C20H16S/c1-16-9-12-18(13-10-16)19(20-8-5-15-21-20)14-11-17-6-3-2-4-7-17/h2-10,12-13,15,19H,1H3. The second kappa shape index (κ2) is 6.43. The Morgan fingerprint density at radius 3 is 2.29 bits per heavy atom. The Labute approximate surface area is 130 Å². The minimum atomic E-state index is 0.144. The summed E-state index contributed by atoms with van der Waals surface area (Å²) in [6.45, 7) is 2.11. The van der Waals surface area contributed by atoms with Gasteiger partial charge in [0.2, 0.25) is 0 Å². The SMILES string of the molecule is Cc1ccc(C(C#Cc2ccccc2)c2cccs2)cc1. The van der Waals surface area contributed by atoms with E-state index in [-0.39, 0.29) is 5.92 Å². The molecule has 0 amide bonds. The maximum absolute atomic E-state index is 3.43. The van der Waals surface area contributed by atoms with Crippen molar-refractivity contribution in [2.45, 2.75) is 12.8 Å². The number of aryl methyl sites for hydroxylation is 1. The first kappa shape index (κ1) is 13.7. The van der Waals surface area contributed by atoms with Gasteiger partial charge in [-0.1, -0.05) is 65.9 Å². The highest BCUT2D eigenvalue weighted by Gasteiger charge is 2.12. The summed E-state index contributed by atoms with van der Waals surface area (Å²) in [5.41, 5.74) is 3.59. The Morgan fingerprint density at radius 2 is 1.62 bits per heavy atom. The molecule has 102 valence electrons. The first-order chi connectivity index (χ1) is 10.3. The van der Waals surface area contributed by atoms with E-state index in [0.29, 0.717) is 0 Å². The Bertz CT molecular complexity index is 741. The molecule has 1 heterocycles. The van der Waals surface area contributed by atoms with E-state index in [1.165, 1.54) is 16.0 Å². The van der Waals surface area contributed by atoms with Gasteiger partial charge in [0.05, 0.1) is 5.92 Å². The molecule has 0 saturated carbocycles. The predicted octanol–water partition coefficient (Wildman–Crippen LogP) is 5.24. The summed E-state index contributed by atoms with van der Waals surface area (Å²) >= 11 is 1.76. The molecule has 0 saturated heterocycles. The summed E-state index contributed by atoms with van der Waals surface area (Å²) < 4.78 is 0. The molecule has 0 spiro atoms. The van der Waals surface area contributed by atoms with Crippen LogP contribution >= 0.6 is 11.3 Å². The van der Waals surface area contributed by atoms with E-state index in [0.717, 1.165) is 5.56 Å². The lowest BCUT2D eigenvalue weighted by Crippen LogP contribution is -1.96. The quantitative estimate of drug-likeness (QED) is 0.566. The van der Waals surface area contributed by atoms with Crippen molar-refractivity contribution in [2.24, 2.45) is 0 Å². The summed E-state index contributed by atoms with van der Waals surface area (Å²) in [5.74, 6) is 6.88. The van der Waals surface area contributed by atoms with E-state index in [1.807, 2.05) is 30.3 Å². The van der Waals surface area contributed by atoms with Gasteiger partial charge in [-0.2, -0.15) is 0 Å². The average molecular weight is 288 g/mol. The number of benzene rings is 2. The summed E-state index contributed by atoms with van der Waals surface area (Å²) in [7, 11) is 0. The molecule has 0 aliphatic carbocycles. The highest BCUT2D eigenvalue weighted by molar-refractivity contribution is 7.10. The third-order valence-corrected chi connectivity index (χ3v) is 4.31. The molecule has 3 rings (SSSR count). The Hall–Kier alpha value is -2.30. The summed E-state index contributed by atoms with van der Waals surface area (Å²) in [5, 5.41) is 2.11. The largest absolute Gasteiger partial charge is 0.147 e. The van der Waals surface area contributed by atoms with Gasteiger partial charge in [0, 0.05) is 10.4 Å². The fraction of sp³-hybridized carbons (Fsp3) is 0.100. The Kier molecular flexibility index (Phi) is 4.19. The van der Waals surface area contributed by atoms with Gasteiger partial charge in [-0.3, -0.25) is 0 Å². The van der Waals surface area contributed by atoms with Gasteiger partial charge < -0.3 is 0 Å². The zero-order chi connectivity index (χ0) is 14.5. The molecule has 21 heavy (non-hydrogen) atoms. The van der Waals surface area contributed by atoms with Crippen molar-refractivity contribution in [3.05, 3.63) is 93.7 Å². The van der Waals surface area contributed by atoms with Crippen molar-refractivity contribution >= 4 is 11.3 Å². The van der Waals surface area contributed by atoms with Crippen molar-refractivity contribution in [3.63, 3.8) is 0 Å². The van der Waals surface area contributed by atoms with E-state index < -0.39 is 0 Å². The molecule has 0 aliphatic rings. The van der Waals surface area contributed by atoms with Crippen molar-refractivity contribution in [1.82, 2.24) is 0 Å². The van der Waals surface area contributed by atoms with Crippen LogP contribution in [0.25, 0.3) is 0 Å². The van der Waals surface area contributed by atoms with Crippen LogP contribution in [0, 0.1) is 18.8 Å². The molecular weight excluding hydrogens is 272 g/mol. The number of hydrogen-bond donors (Lipinski definition) is 0. The second-order valence-electron chi connectivity index (χ2n) is 4.99. The average Bonchev–Trinajstić information content (AvgIpc) is 3.04. The monoisotopic (exact) mass is 288 g/mol. The highest BCUT2D eigenvalue weighted by atomic mass is 32.1. The van der Waals surface area contributed by atoms with Crippen molar-refractivity contribution in [1.29, 1.82) is 0 Å². The van der Waals surface area contributed by atoms with Crippen molar-refractivity contribution < 1.29 is 0 Å². The van der Waals surface area contributed by atoms with Crippen LogP contribution in [0.2, 0.25) is 0 Å². The highest BCUT2D eigenvalue weighted by Crippen LogP contribution is 2.28. The van der Waals surface area contributed by atoms with Crippen LogP contribution in [0.1, 0.15) is 27.5 Å². The zero-order valence-corrected chi connectivity index (χ0v) is 12.7. The van der Waals surface area contributed by atoms with Gasteiger partial charge in [0.25, 0.3) is 0 Å². The first-order valence-corrected chi connectivity index (χ1v) is 7.87. The molecular formula is C20H16S. The van der Waals surface area contributed by atoms with E-state index in [9.17, 15) is 0 Å². The summed E-state index contributed by atoms with van der Waals surface area (Å²) in [6.07, 6.45) is 0. The smallest absolute Gasteiger partial charge is 0.0798 e. The molecule has 0 aliphatic heterocycles. The summed E-state index contributed by atoms with van der Waals surface area (Å²) in [4.78, 5) is 1.29. The molecule has 0 N–H and O–H groups in total. The van der Waals surface area contributed by atoms with Crippen LogP contribution in [-0.4, -0.2) is 0 Å². The molecule has 1 heteroatoms. The molecule has 0 nitrogen and oxygen atoms in total. The molecule has 0 radical (unpaired) electrons. The lowest BCUT2D eigenvalue weighted by Gasteiger charge is -2.09. The van der Waals surface area contributed by atoms with Crippen LogP contribution in [0.3, 0.4) is 0 Å². The zero-order valence-electron chi connectivity index (χ0n) is 11.9. The van der Waals surface area contributed by atoms with Crippen LogP contribution in [0.5, 0.6) is 0 Å². The second-order valence-corrected chi connectivity index (χ2v) is 5.97. The Balaban J connectivity index is 1.98. The predicted molar refractivity (Wildman–Crippen MR) is 90.7 cm³/mol. The third-order valence-electron chi connectivity index (χ3n) is 3.37. The van der Waals surface area contributed by atoms with Crippen molar-refractivity contribution in [3.8, 4) is 11.8 Å². The molecule has 1 unspecified atom stereocenters. The van der Waals surface area contributed by atoms with E-state index in [4.69, 9.17) is 0 Å². The number of thiophene rings is 1. The molecule has 2 aromatic carbocycles. The van der Waals surface area contributed by atoms with Crippen LogP contribution in [-0.2, 0) is 0 Å². The van der Waals surface area contributed by atoms with Gasteiger partial charge in [0.1, 0.15) is 0 Å². The first-order valence-electron chi connectivity index (χ1n) is 6.99. The van der Waals surface area contributed by atoms with Crippen LogP contribution < -0.4 is 0 Å². The van der Waals surface area contributed by atoms with Gasteiger partial charge in [-0.15, -0.1) is 11.3 Å². The minimum absolute atomic E-state index is 0.144. The maximum atomic E-state index is 3.43. The van der Waals surface area contributed by atoms with E-state index in [1.54, 1.807) is 11.3 Å². The van der Waals surface area contributed by atoms with Gasteiger partial charge >= 0.3 is 0 Å². The van der Waals surface area contributed by atoms with Crippen molar-refractivity contribution in [2.75, 3.05) is 0 Å². The maximum Gasteiger partial charge on any atom is 0.0798 e. The van der Waals surface area contributed by atoms with E-state index >= 15 is 0 Å². The topological polar surface area (TPSA) is 0 Å².